The van der Waals surface area contributed by atoms with Crippen LogP contribution in [0.5, 0.6) is 0 Å². The number of carbonyl (C=O) groups excluding carboxylic acids is 3. The lowest BCUT2D eigenvalue weighted by atomic mass is 10.1. The molecular formula is C58H96O6. The third-order valence-electron chi connectivity index (χ3n) is 10.8. The predicted octanol–water partition coefficient (Wildman–Crippen LogP) is 17.4. The summed E-state index contributed by atoms with van der Waals surface area (Å²) in [4.78, 5) is 38.0. The van der Waals surface area contributed by atoms with E-state index >= 15 is 0 Å². The van der Waals surface area contributed by atoms with Crippen molar-refractivity contribution < 1.29 is 28.6 Å². The lowest BCUT2D eigenvalue weighted by Crippen LogP contribution is -2.30. The number of ether oxygens (including phenoxy) is 3. The molecule has 0 amide bonds. The van der Waals surface area contributed by atoms with Gasteiger partial charge in [0.1, 0.15) is 13.2 Å². The first-order valence-electron chi connectivity index (χ1n) is 26.2. The van der Waals surface area contributed by atoms with E-state index in [1.807, 2.05) is 0 Å². The zero-order valence-electron chi connectivity index (χ0n) is 41.5. The monoisotopic (exact) mass is 889 g/mol. The molecule has 0 fully saturated rings. The number of hydrogen-bond acceptors (Lipinski definition) is 6. The number of allylic oxidation sites excluding steroid dienone is 16. The highest BCUT2D eigenvalue weighted by molar-refractivity contribution is 5.71. The average Bonchev–Trinajstić information content (AvgIpc) is 3.29. The zero-order chi connectivity index (χ0) is 46.5. The molecule has 0 N–H and O–H groups in total. The first-order chi connectivity index (χ1) is 31.5. The first-order valence-corrected chi connectivity index (χ1v) is 26.2. The van der Waals surface area contributed by atoms with Crippen molar-refractivity contribution in [2.75, 3.05) is 13.2 Å². The van der Waals surface area contributed by atoms with Crippen LogP contribution in [0.3, 0.4) is 0 Å². The molecule has 6 heteroatoms. The molecule has 1 unspecified atom stereocenters. The normalized spacial score (nSPS) is 12.9. The Balaban J connectivity index is 4.51. The van der Waals surface area contributed by atoms with Crippen LogP contribution in [0.25, 0.3) is 0 Å². The molecule has 0 aromatic carbocycles. The molecule has 0 saturated heterocycles. The Morgan fingerprint density at radius 1 is 0.328 bits per heavy atom. The minimum atomic E-state index is -0.811. The Bertz CT molecular complexity index is 1300. The van der Waals surface area contributed by atoms with Crippen molar-refractivity contribution in [3.63, 3.8) is 0 Å². The standard InChI is InChI=1S/C58H96O6/c1-4-7-10-13-16-19-22-25-27-29-31-33-36-39-42-45-48-51-57(60)63-54-55(53-62-56(59)50-47-44-41-38-35-32-24-21-18-15-12-9-6-3)64-58(61)52-49-46-43-40-37-34-30-28-26-23-20-17-14-11-8-5-2/h7,10,12,15-16,19,21,24-25,27-28,30-31,33,39,42,55H,4-6,8-9,11,13-14,17-18,20,22-23,26,29,32,34-38,40-41,43-54H2,1-3H3/b10-7-,15-12-,19-16-,24-21-,27-25-,30-28-,33-31-,42-39-. The summed E-state index contributed by atoms with van der Waals surface area (Å²) in [6.45, 7) is 6.38. The van der Waals surface area contributed by atoms with E-state index < -0.39 is 6.10 Å². The summed E-state index contributed by atoms with van der Waals surface area (Å²) < 4.78 is 16.7. The largest absolute Gasteiger partial charge is 0.462 e. The first kappa shape index (κ1) is 60.3. The molecule has 6 nitrogen and oxygen atoms in total. The highest BCUT2D eigenvalue weighted by atomic mass is 16.6. The predicted molar refractivity (Wildman–Crippen MR) is 274 cm³/mol. The van der Waals surface area contributed by atoms with E-state index in [2.05, 4.69) is 118 Å². The Labute approximate surface area is 394 Å². The Hall–Kier alpha value is -3.67. The number of carbonyl (C=O) groups is 3. The van der Waals surface area contributed by atoms with Crippen LogP contribution in [0, 0.1) is 0 Å². The van der Waals surface area contributed by atoms with Gasteiger partial charge < -0.3 is 14.2 Å². The molecule has 0 heterocycles. The van der Waals surface area contributed by atoms with E-state index in [-0.39, 0.29) is 37.5 Å². The fourth-order valence-electron chi connectivity index (χ4n) is 6.86. The molecule has 0 aliphatic heterocycles. The zero-order valence-corrected chi connectivity index (χ0v) is 41.5. The molecule has 0 saturated carbocycles. The number of unbranched alkanes of at least 4 members (excludes halogenated alkanes) is 19. The lowest BCUT2D eigenvalue weighted by molar-refractivity contribution is -0.167. The van der Waals surface area contributed by atoms with Crippen molar-refractivity contribution in [1.82, 2.24) is 0 Å². The van der Waals surface area contributed by atoms with Gasteiger partial charge in [0.05, 0.1) is 0 Å². The third kappa shape index (κ3) is 49.3. The van der Waals surface area contributed by atoms with Crippen LogP contribution < -0.4 is 0 Å². The Kier molecular flexibility index (Phi) is 49.0. The summed E-state index contributed by atoms with van der Waals surface area (Å²) in [5.74, 6) is -0.991. The van der Waals surface area contributed by atoms with Crippen LogP contribution in [0.1, 0.15) is 233 Å². The summed E-state index contributed by atoms with van der Waals surface area (Å²) in [7, 11) is 0. The average molecular weight is 889 g/mol. The molecule has 0 spiro atoms. The van der Waals surface area contributed by atoms with Gasteiger partial charge in [0, 0.05) is 19.3 Å². The van der Waals surface area contributed by atoms with E-state index in [1.165, 1.54) is 64.2 Å². The molecule has 1 atom stereocenters. The number of rotatable bonds is 46. The van der Waals surface area contributed by atoms with Gasteiger partial charge in [0.2, 0.25) is 0 Å². The molecule has 0 rings (SSSR count). The maximum absolute atomic E-state index is 12.8. The quantitative estimate of drug-likeness (QED) is 0.0262. The summed E-state index contributed by atoms with van der Waals surface area (Å²) in [6.07, 6.45) is 68.2. The molecule has 0 aliphatic rings. The second-order valence-corrected chi connectivity index (χ2v) is 17.0. The Morgan fingerprint density at radius 2 is 0.656 bits per heavy atom. The lowest BCUT2D eigenvalue weighted by Gasteiger charge is -2.18. The SMILES string of the molecule is CC/C=C\C/C=C\C/C=C\C/C=C\C/C=C\CCCC(=O)OCC(COC(=O)CCCCCCC/C=C\C/C=C\CCC)OC(=O)CCCCCCC/C=C\CCCCCCCCC. The van der Waals surface area contributed by atoms with Crippen molar-refractivity contribution in [3.05, 3.63) is 97.2 Å². The van der Waals surface area contributed by atoms with Crippen LogP contribution in [-0.4, -0.2) is 37.2 Å². The van der Waals surface area contributed by atoms with Gasteiger partial charge in [-0.1, -0.05) is 201 Å². The second kappa shape index (κ2) is 52.0. The van der Waals surface area contributed by atoms with Crippen LogP contribution in [0.2, 0.25) is 0 Å². The van der Waals surface area contributed by atoms with E-state index in [0.29, 0.717) is 19.3 Å². The number of esters is 3. The van der Waals surface area contributed by atoms with E-state index in [0.717, 1.165) is 122 Å². The van der Waals surface area contributed by atoms with Crippen LogP contribution in [-0.2, 0) is 28.6 Å². The molecule has 64 heavy (non-hydrogen) atoms. The molecule has 0 aromatic rings. The Morgan fingerprint density at radius 3 is 1.09 bits per heavy atom. The van der Waals surface area contributed by atoms with Gasteiger partial charge in [-0.25, -0.2) is 0 Å². The van der Waals surface area contributed by atoms with E-state index in [9.17, 15) is 14.4 Å². The van der Waals surface area contributed by atoms with Crippen LogP contribution in [0.15, 0.2) is 97.2 Å². The number of hydrogen-bond donors (Lipinski definition) is 0. The van der Waals surface area contributed by atoms with Gasteiger partial charge in [-0.05, 0) is 109 Å². The smallest absolute Gasteiger partial charge is 0.306 e. The highest BCUT2D eigenvalue weighted by Crippen LogP contribution is 2.13. The summed E-state index contributed by atoms with van der Waals surface area (Å²) in [6, 6.07) is 0. The van der Waals surface area contributed by atoms with Gasteiger partial charge in [-0.15, -0.1) is 0 Å². The fourth-order valence-corrected chi connectivity index (χ4v) is 6.86. The van der Waals surface area contributed by atoms with Crippen molar-refractivity contribution in [1.29, 1.82) is 0 Å². The molecule has 0 aliphatic carbocycles. The third-order valence-corrected chi connectivity index (χ3v) is 10.8. The topological polar surface area (TPSA) is 78.9 Å². The fraction of sp³-hybridized carbons (Fsp3) is 0.672. The van der Waals surface area contributed by atoms with Crippen molar-refractivity contribution >= 4 is 17.9 Å². The van der Waals surface area contributed by atoms with Crippen molar-refractivity contribution in [3.8, 4) is 0 Å². The molecule has 0 aromatic heterocycles. The minimum Gasteiger partial charge on any atom is -0.462 e. The second-order valence-electron chi connectivity index (χ2n) is 17.0. The molecular weight excluding hydrogens is 793 g/mol. The van der Waals surface area contributed by atoms with Gasteiger partial charge in [-0.2, -0.15) is 0 Å². The van der Waals surface area contributed by atoms with Crippen LogP contribution >= 0.6 is 0 Å². The van der Waals surface area contributed by atoms with E-state index in [1.54, 1.807) is 0 Å². The van der Waals surface area contributed by atoms with Gasteiger partial charge >= 0.3 is 17.9 Å². The summed E-state index contributed by atoms with van der Waals surface area (Å²) in [5.41, 5.74) is 0. The van der Waals surface area contributed by atoms with E-state index in [4.69, 9.17) is 14.2 Å². The molecule has 0 bridgehead atoms. The van der Waals surface area contributed by atoms with Gasteiger partial charge in [0.25, 0.3) is 0 Å². The van der Waals surface area contributed by atoms with Gasteiger partial charge in [-0.3, -0.25) is 14.4 Å². The maximum Gasteiger partial charge on any atom is 0.306 e. The minimum absolute atomic E-state index is 0.107. The maximum atomic E-state index is 12.8. The summed E-state index contributed by atoms with van der Waals surface area (Å²) in [5, 5.41) is 0. The van der Waals surface area contributed by atoms with Crippen molar-refractivity contribution in [2.45, 2.75) is 239 Å². The molecule has 0 radical (unpaired) electrons. The molecule has 364 valence electrons. The van der Waals surface area contributed by atoms with Crippen LogP contribution in [0.4, 0.5) is 0 Å². The highest BCUT2D eigenvalue weighted by Gasteiger charge is 2.19. The summed E-state index contributed by atoms with van der Waals surface area (Å²) >= 11 is 0. The van der Waals surface area contributed by atoms with Crippen molar-refractivity contribution in [2.24, 2.45) is 0 Å². The van der Waals surface area contributed by atoms with Gasteiger partial charge in [0.15, 0.2) is 6.10 Å².